The number of rotatable bonds is 1. The van der Waals surface area contributed by atoms with Gasteiger partial charge in [-0.3, -0.25) is 0 Å². The lowest BCUT2D eigenvalue weighted by atomic mass is 10.2. The van der Waals surface area contributed by atoms with Gasteiger partial charge in [-0.15, -0.1) is 0 Å². The number of likely N-dealkylation sites (N-methyl/N-ethyl adjacent to an activating group) is 1. The van der Waals surface area contributed by atoms with Crippen LogP contribution in [0.5, 0.6) is 0 Å². The molecule has 4 nitrogen and oxygen atoms in total. The van der Waals surface area contributed by atoms with Crippen molar-refractivity contribution in [3.8, 4) is 0 Å². The van der Waals surface area contributed by atoms with Gasteiger partial charge in [0, 0.05) is 32.4 Å². The number of piperazine rings is 1. The highest BCUT2D eigenvalue weighted by atomic mass is 35.5. The number of hydrogen-bond acceptors (Lipinski definition) is 3. The standard InChI is InChI=1S/C16H17ClN4/c1-19-8-10-20(11-9-19)16-14-6-3-7-21(14)13-5-2-4-12(17)15(13)18-16/h2-7H,8-11H2,1H3. The summed E-state index contributed by atoms with van der Waals surface area (Å²) in [5.74, 6) is 1.04. The molecule has 0 spiro atoms. The summed E-state index contributed by atoms with van der Waals surface area (Å²) in [6.45, 7) is 4.13. The molecule has 108 valence electrons. The Morgan fingerprint density at radius 2 is 1.76 bits per heavy atom. The van der Waals surface area contributed by atoms with Gasteiger partial charge in [-0.25, -0.2) is 4.98 Å². The normalized spacial score (nSPS) is 17.0. The van der Waals surface area contributed by atoms with Gasteiger partial charge in [-0.05, 0) is 31.3 Å². The minimum absolute atomic E-state index is 0.707. The minimum Gasteiger partial charge on any atom is -0.352 e. The first-order valence-electron chi connectivity index (χ1n) is 7.23. The van der Waals surface area contributed by atoms with Gasteiger partial charge in [0.05, 0.1) is 16.1 Å². The van der Waals surface area contributed by atoms with Crippen LogP contribution in [0.25, 0.3) is 16.6 Å². The SMILES string of the molecule is CN1CCN(c2nc3c(Cl)cccc3n3cccc23)CC1. The second kappa shape index (κ2) is 4.90. The monoisotopic (exact) mass is 300 g/mol. The zero-order chi connectivity index (χ0) is 14.4. The number of nitrogens with zero attached hydrogens (tertiary/aromatic N) is 4. The van der Waals surface area contributed by atoms with E-state index in [0.29, 0.717) is 5.02 Å². The number of anilines is 1. The number of halogens is 1. The van der Waals surface area contributed by atoms with Gasteiger partial charge in [-0.2, -0.15) is 0 Å². The number of aromatic nitrogens is 2. The van der Waals surface area contributed by atoms with Crippen molar-refractivity contribution >= 4 is 34.0 Å². The highest BCUT2D eigenvalue weighted by Gasteiger charge is 2.19. The maximum Gasteiger partial charge on any atom is 0.153 e. The largest absolute Gasteiger partial charge is 0.352 e. The molecule has 1 fully saturated rings. The topological polar surface area (TPSA) is 23.8 Å². The van der Waals surface area contributed by atoms with Gasteiger partial charge < -0.3 is 14.2 Å². The number of benzene rings is 1. The van der Waals surface area contributed by atoms with Gasteiger partial charge in [0.25, 0.3) is 0 Å². The third-order valence-corrected chi connectivity index (χ3v) is 4.53. The summed E-state index contributed by atoms with van der Waals surface area (Å²) in [5, 5.41) is 0.707. The Bertz CT molecular complexity index is 802. The Hall–Kier alpha value is -1.78. The van der Waals surface area contributed by atoms with Crippen molar-refractivity contribution in [3.63, 3.8) is 0 Å². The molecule has 0 unspecified atom stereocenters. The molecule has 4 rings (SSSR count). The van der Waals surface area contributed by atoms with E-state index in [1.807, 2.05) is 12.1 Å². The Morgan fingerprint density at radius 1 is 1.00 bits per heavy atom. The number of hydrogen-bond donors (Lipinski definition) is 0. The van der Waals surface area contributed by atoms with E-state index in [9.17, 15) is 0 Å². The quantitative estimate of drug-likeness (QED) is 0.690. The second-order valence-corrected chi connectivity index (χ2v) is 6.00. The van der Waals surface area contributed by atoms with Crippen molar-refractivity contribution in [3.05, 3.63) is 41.6 Å². The molecular weight excluding hydrogens is 284 g/mol. The lowest BCUT2D eigenvalue weighted by molar-refractivity contribution is 0.312. The van der Waals surface area contributed by atoms with E-state index in [0.717, 1.165) is 48.5 Å². The fraction of sp³-hybridized carbons (Fsp3) is 0.312. The molecule has 1 aliphatic rings. The molecule has 3 aromatic rings. The fourth-order valence-corrected chi connectivity index (χ4v) is 3.21. The molecule has 1 saturated heterocycles. The van der Waals surface area contributed by atoms with Crippen LogP contribution in [0.15, 0.2) is 36.5 Å². The Morgan fingerprint density at radius 3 is 2.57 bits per heavy atom. The highest BCUT2D eigenvalue weighted by molar-refractivity contribution is 6.35. The summed E-state index contributed by atoms with van der Waals surface area (Å²) in [6, 6.07) is 10.1. The predicted molar refractivity (Wildman–Crippen MR) is 87.4 cm³/mol. The third kappa shape index (κ3) is 2.06. The highest BCUT2D eigenvalue weighted by Crippen LogP contribution is 2.29. The first-order valence-corrected chi connectivity index (χ1v) is 7.60. The van der Waals surface area contributed by atoms with Crippen molar-refractivity contribution in [1.29, 1.82) is 0 Å². The van der Waals surface area contributed by atoms with Crippen molar-refractivity contribution in [2.24, 2.45) is 0 Å². The van der Waals surface area contributed by atoms with Crippen LogP contribution in [0.3, 0.4) is 0 Å². The van der Waals surface area contributed by atoms with E-state index >= 15 is 0 Å². The molecule has 0 aliphatic carbocycles. The molecule has 5 heteroatoms. The molecule has 0 bridgehead atoms. The van der Waals surface area contributed by atoms with E-state index < -0.39 is 0 Å². The van der Waals surface area contributed by atoms with E-state index in [1.54, 1.807) is 0 Å². The minimum atomic E-state index is 0.707. The Labute approximate surface area is 128 Å². The molecule has 0 N–H and O–H groups in total. The van der Waals surface area contributed by atoms with Gasteiger partial charge in [0.2, 0.25) is 0 Å². The summed E-state index contributed by atoms with van der Waals surface area (Å²) < 4.78 is 2.18. The Balaban J connectivity index is 1.94. The number of para-hydroxylation sites is 1. The van der Waals surface area contributed by atoms with E-state index in [1.165, 1.54) is 0 Å². The maximum absolute atomic E-state index is 6.36. The zero-order valence-electron chi connectivity index (χ0n) is 12.0. The summed E-state index contributed by atoms with van der Waals surface area (Å²) in [6.07, 6.45) is 2.08. The van der Waals surface area contributed by atoms with Crippen molar-refractivity contribution in [2.75, 3.05) is 38.1 Å². The summed E-state index contributed by atoms with van der Waals surface area (Å²) in [5.41, 5.74) is 3.08. The molecule has 3 heterocycles. The van der Waals surface area contributed by atoms with Gasteiger partial charge in [-0.1, -0.05) is 17.7 Å². The van der Waals surface area contributed by atoms with Crippen molar-refractivity contribution in [2.45, 2.75) is 0 Å². The Kier molecular flexibility index (Phi) is 3.01. The van der Waals surface area contributed by atoms with Gasteiger partial charge >= 0.3 is 0 Å². The lowest BCUT2D eigenvalue weighted by Gasteiger charge is -2.33. The summed E-state index contributed by atoms with van der Waals surface area (Å²) >= 11 is 6.36. The molecule has 1 aromatic carbocycles. The van der Waals surface area contributed by atoms with Gasteiger partial charge in [0.1, 0.15) is 5.52 Å². The summed E-state index contributed by atoms with van der Waals surface area (Å²) in [7, 11) is 2.16. The summed E-state index contributed by atoms with van der Waals surface area (Å²) in [4.78, 5) is 9.58. The zero-order valence-corrected chi connectivity index (χ0v) is 12.7. The average molecular weight is 301 g/mol. The maximum atomic E-state index is 6.36. The lowest BCUT2D eigenvalue weighted by Crippen LogP contribution is -2.45. The fourth-order valence-electron chi connectivity index (χ4n) is 3.00. The van der Waals surface area contributed by atoms with E-state index in [-0.39, 0.29) is 0 Å². The molecule has 0 atom stereocenters. The van der Waals surface area contributed by atoms with E-state index in [4.69, 9.17) is 16.6 Å². The second-order valence-electron chi connectivity index (χ2n) is 5.60. The molecule has 0 amide bonds. The third-order valence-electron chi connectivity index (χ3n) is 4.22. The van der Waals surface area contributed by atoms with Crippen LogP contribution in [0.2, 0.25) is 5.02 Å². The molecular formula is C16H17ClN4. The first-order chi connectivity index (χ1) is 10.2. The predicted octanol–water partition coefficient (Wildman–Crippen LogP) is 2.89. The molecule has 0 saturated carbocycles. The van der Waals surface area contributed by atoms with Crippen LogP contribution in [0.1, 0.15) is 0 Å². The number of fused-ring (bicyclic) bond motifs is 3. The first kappa shape index (κ1) is 12.9. The van der Waals surface area contributed by atoms with Crippen LogP contribution >= 0.6 is 11.6 Å². The van der Waals surface area contributed by atoms with Crippen LogP contribution in [0.4, 0.5) is 5.82 Å². The van der Waals surface area contributed by atoms with Crippen molar-refractivity contribution in [1.82, 2.24) is 14.3 Å². The molecule has 2 aromatic heterocycles. The molecule has 21 heavy (non-hydrogen) atoms. The van der Waals surface area contributed by atoms with Gasteiger partial charge in [0.15, 0.2) is 5.82 Å². The smallest absolute Gasteiger partial charge is 0.153 e. The van der Waals surface area contributed by atoms with Crippen LogP contribution < -0.4 is 4.90 Å². The molecule has 0 radical (unpaired) electrons. The average Bonchev–Trinajstić information content (AvgIpc) is 2.98. The van der Waals surface area contributed by atoms with Crippen LogP contribution in [-0.2, 0) is 0 Å². The van der Waals surface area contributed by atoms with Crippen molar-refractivity contribution < 1.29 is 0 Å². The van der Waals surface area contributed by atoms with Crippen LogP contribution in [0, 0.1) is 0 Å². The van der Waals surface area contributed by atoms with Crippen LogP contribution in [-0.4, -0.2) is 47.5 Å². The van der Waals surface area contributed by atoms with E-state index in [2.05, 4.69) is 45.6 Å². The molecule has 1 aliphatic heterocycles.